The summed E-state index contributed by atoms with van der Waals surface area (Å²) in [6.45, 7) is 7.34. The average molecular weight is 631 g/mol. The van der Waals surface area contributed by atoms with E-state index >= 15 is 0 Å². The molecule has 46 heavy (non-hydrogen) atoms. The van der Waals surface area contributed by atoms with Crippen LogP contribution in [0.25, 0.3) is 11.4 Å². The largest absolute Gasteiger partial charge is 0.507 e. The van der Waals surface area contributed by atoms with Crippen molar-refractivity contribution in [1.29, 1.82) is 0 Å². The molecule has 3 aromatic rings. The van der Waals surface area contributed by atoms with Gasteiger partial charge in [-0.25, -0.2) is 14.3 Å². The van der Waals surface area contributed by atoms with Crippen LogP contribution in [-0.2, 0) is 16.0 Å². The molecule has 6 rings (SSSR count). The number of amides is 2. The average Bonchev–Trinajstić information content (AvgIpc) is 3.48. The van der Waals surface area contributed by atoms with Gasteiger partial charge in [0.2, 0.25) is 0 Å². The summed E-state index contributed by atoms with van der Waals surface area (Å²) in [5.41, 5.74) is 2.85. The van der Waals surface area contributed by atoms with Crippen molar-refractivity contribution in [3.05, 3.63) is 69.6 Å². The van der Waals surface area contributed by atoms with E-state index in [0.717, 1.165) is 35.3 Å². The van der Waals surface area contributed by atoms with Crippen molar-refractivity contribution in [1.82, 2.24) is 29.5 Å². The Kier molecular flexibility index (Phi) is 9.77. The van der Waals surface area contributed by atoms with E-state index in [-0.39, 0.29) is 29.8 Å². The van der Waals surface area contributed by atoms with Crippen molar-refractivity contribution >= 4 is 12.0 Å². The van der Waals surface area contributed by atoms with Gasteiger partial charge in [-0.3, -0.25) is 14.7 Å². The second-order valence-electron chi connectivity index (χ2n) is 13.1. The van der Waals surface area contributed by atoms with Gasteiger partial charge in [0.15, 0.2) is 11.9 Å². The zero-order valence-corrected chi connectivity index (χ0v) is 27.0. The maximum Gasteiger partial charge on any atom is 0.410 e. The number of aromatic amines is 1. The summed E-state index contributed by atoms with van der Waals surface area (Å²) < 4.78 is 7.50. The van der Waals surface area contributed by atoms with Crippen LogP contribution in [0.15, 0.2) is 47.3 Å². The lowest BCUT2D eigenvalue weighted by atomic mass is 9.94. The molecule has 11 heteroatoms. The molecule has 246 valence electrons. The van der Waals surface area contributed by atoms with E-state index in [4.69, 9.17) is 4.74 Å². The molecule has 2 aromatic carbocycles. The van der Waals surface area contributed by atoms with E-state index in [1.54, 1.807) is 4.90 Å². The number of nitrogens with zero attached hydrogens (tertiary/aromatic N) is 5. The lowest BCUT2D eigenvalue weighted by Crippen LogP contribution is -2.55. The number of aryl methyl sites for hydroxylation is 2. The molecular weight excluding hydrogens is 584 g/mol. The van der Waals surface area contributed by atoms with E-state index in [0.29, 0.717) is 50.9 Å². The van der Waals surface area contributed by atoms with E-state index in [1.807, 2.05) is 61.2 Å². The smallest absolute Gasteiger partial charge is 0.410 e. The van der Waals surface area contributed by atoms with Gasteiger partial charge in [0, 0.05) is 57.3 Å². The number of hydrogen-bond acceptors (Lipinski definition) is 7. The number of piperazine rings is 1. The highest BCUT2D eigenvalue weighted by Crippen LogP contribution is 2.27. The fraction of sp³-hybridized carbons (Fsp3) is 0.543. The van der Waals surface area contributed by atoms with Crippen molar-refractivity contribution in [3.8, 4) is 17.1 Å². The summed E-state index contributed by atoms with van der Waals surface area (Å²) in [7, 11) is 0. The van der Waals surface area contributed by atoms with Gasteiger partial charge in [-0.05, 0) is 56.2 Å². The quantitative estimate of drug-likeness (QED) is 0.396. The SMILES string of the molecule is Cc1cc(C[C@@H](OC(=O)N2CCC(n3nc(-c4ccccc4)[nH]c3=O)CC2)C(=O)N2CCN(C3CCCCC3)CC2)cc(C)c1O. The van der Waals surface area contributed by atoms with Gasteiger partial charge < -0.3 is 19.6 Å². The molecule has 2 aliphatic heterocycles. The van der Waals surface area contributed by atoms with Crippen LogP contribution in [0.5, 0.6) is 5.75 Å². The monoisotopic (exact) mass is 630 g/mol. The number of carbonyl (C=O) groups excluding carboxylic acids is 2. The highest BCUT2D eigenvalue weighted by molar-refractivity contribution is 5.84. The molecule has 2 N–H and O–H groups in total. The molecule has 0 spiro atoms. The van der Waals surface area contributed by atoms with Crippen LogP contribution in [-0.4, -0.2) is 98.0 Å². The van der Waals surface area contributed by atoms with Crippen LogP contribution in [0, 0.1) is 13.8 Å². The number of nitrogens with one attached hydrogen (secondary N) is 1. The number of piperidine rings is 1. The maximum absolute atomic E-state index is 13.9. The standard InChI is InChI=1S/C35H46N6O5/c1-24-21-26(22-25(2)31(24)42)23-30(33(43)39-19-17-38(18-20-39)28-11-7-4-8-12-28)46-35(45)40-15-13-29(14-16-40)41-34(44)36-32(37-41)27-9-5-3-6-10-27/h3,5-6,9-10,21-22,28-30,42H,4,7-8,11-20,23H2,1-2H3,(H,36,37,44)/t30-/m1/s1. The summed E-state index contributed by atoms with van der Waals surface area (Å²) in [5.74, 6) is 0.580. The first-order valence-electron chi connectivity index (χ1n) is 16.8. The molecule has 3 fully saturated rings. The Balaban J connectivity index is 1.11. The number of rotatable bonds is 7. The number of ether oxygens (including phenoxy) is 1. The fourth-order valence-electron chi connectivity index (χ4n) is 7.31. The van der Waals surface area contributed by atoms with Crippen LogP contribution in [0.4, 0.5) is 4.79 Å². The minimum Gasteiger partial charge on any atom is -0.507 e. The maximum atomic E-state index is 13.9. The summed E-state index contributed by atoms with van der Waals surface area (Å²) in [4.78, 5) is 49.0. The molecule has 2 amide bonds. The minimum atomic E-state index is -0.975. The summed E-state index contributed by atoms with van der Waals surface area (Å²) in [6, 6.07) is 13.7. The van der Waals surface area contributed by atoms with Crippen molar-refractivity contribution in [2.75, 3.05) is 39.3 Å². The number of aromatic hydroxyl groups is 1. The van der Waals surface area contributed by atoms with Crippen LogP contribution >= 0.6 is 0 Å². The highest BCUT2D eigenvalue weighted by Gasteiger charge is 2.35. The Bertz CT molecular complexity index is 1540. The minimum absolute atomic E-state index is 0.147. The first-order valence-corrected chi connectivity index (χ1v) is 16.8. The topological polar surface area (TPSA) is 124 Å². The zero-order chi connectivity index (χ0) is 32.2. The Morgan fingerprint density at radius 2 is 1.54 bits per heavy atom. The predicted octanol–water partition coefficient (Wildman–Crippen LogP) is 4.42. The summed E-state index contributed by atoms with van der Waals surface area (Å²) in [5, 5.41) is 14.8. The van der Waals surface area contributed by atoms with Crippen LogP contribution in [0.2, 0.25) is 0 Å². The number of likely N-dealkylation sites (tertiary alicyclic amines) is 1. The first-order chi connectivity index (χ1) is 22.3. The number of phenols is 1. The number of carbonyl (C=O) groups is 2. The molecule has 1 aliphatic carbocycles. The Labute approximate surface area is 270 Å². The molecule has 3 heterocycles. The van der Waals surface area contributed by atoms with Crippen molar-refractivity contribution in [2.45, 2.75) is 83.4 Å². The van der Waals surface area contributed by atoms with Gasteiger partial charge in [0.25, 0.3) is 5.91 Å². The van der Waals surface area contributed by atoms with Gasteiger partial charge in [0.1, 0.15) is 5.75 Å². The molecule has 11 nitrogen and oxygen atoms in total. The Hall–Kier alpha value is -4.12. The van der Waals surface area contributed by atoms with E-state index in [9.17, 15) is 19.5 Å². The summed E-state index contributed by atoms with van der Waals surface area (Å²) >= 11 is 0. The van der Waals surface area contributed by atoms with Gasteiger partial charge in [-0.2, -0.15) is 0 Å². The number of H-pyrrole nitrogens is 1. The Morgan fingerprint density at radius 1 is 0.891 bits per heavy atom. The number of benzene rings is 2. The molecule has 1 saturated carbocycles. The first kappa shape index (κ1) is 31.8. The van der Waals surface area contributed by atoms with Gasteiger partial charge >= 0.3 is 11.8 Å². The van der Waals surface area contributed by atoms with Crippen molar-refractivity contribution in [2.24, 2.45) is 0 Å². The number of aromatic nitrogens is 3. The third-order valence-electron chi connectivity index (χ3n) is 9.96. The molecule has 0 radical (unpaired) electrons. The third-order valence-corrected chi connectivity index (χ3v) is 9.96. The molecule has 1 aromatic heterocycles. The normalized spacial score (nSPS) is 19.3. The molecule has 3 aliphatic rings. The molecule has 1 atom stereocenters. The number of phenolic OH excluding ortho intramolecular Hbond substituents is 1. The van der Waals surface area contributed by atoms with Gasteiger partial charge in [-0.15, -0.1) is 5.10 Å². The van der Waals surface area contributed by atoms with Crippen LogP contribution in [0.1, 0.15) is 67.7 Å². The fourth-order valence-corrected chi connectivity index (χ4v) is 7.31. The second-order valence-corrected chi connectivity index (χ2v) is 13.1. The van der Waals surface area contributed by atoms with E-state index in [2.05, 4.69) is 15.0 Å². The van der Waals surface area contributed by atoms with Crippen molar-refractivity contribution < 1.29 is 19.4 Å². The van der Waals surface area contributed by atoms with Crippen LogP contribution < -0.4 is 5.69 Å². The van der Waals surface area contributed by atoms with Crippen LogP contribution in [0.3, 0.4) is 0 Å². The second kappa shape index (κ2) is 14.1. The molecule has 0 bridgehead atoms. The molecule has 0 unspecified atom stereocenters. The number of hydrogen-bond donors (Lipinski definition) is 2. The lowest BCUT2D eigenvalue weighted by molar-refractivity contribution is -0.143. The zero-order valence-electron chi connectivity index (χ0n) is 27.0. The van der Waals surface area contributed by atoms with Gasteiger partial charge in [0.05, 0.1) is 6.04 Å². The van der Waals surface area contributed by atoms with E-state index in [1.165, 1.54) is 36.8 Å². The lowest BCUT2D eigenvalue weighted by Gasteiger charge is -2.41. The van der Waals surface area contributed by atoms with E-state index < -0.39 is 12.2 Å². The highest BCUT2D eigenvalue weighted by atomic mass is 16.6. The van der Waals surface area contributed by atoms with Gasteiger partial charge in [-0.1, -0.05) is 61.7 Å². The summed E-state index contributed by atoms with van der Waals surface area (Å²) in [6.07, 6.45) is 6.15. The van der Waals surface area contributed by atoms with Crippen molar-refractivity contribution in [3.63, 3.8) is 0 Å². The molecular formula is C35H46N6O5. The Morgan fingerprint density at radius 3 is 2.20 bits per heavy atom. The third kappa shape index (κ3) is 7.14. The predicted molar refractivity (Wildman–Crippen MR) is 175 cm³/mol. The molecule has 2 saturated heterocycles.